The summed E-state index contributed by atoms with van der Waals surface area (Å²) in [6.45, 7) is 4.89. The van der Waals surface area contributed by atoms with Gasteiger partial charge in [0.15, 0.2) is 0 Å². The first-order valence-electron chi connectivity index (χ1n) is 10.7. The molecule has 2 aliphatic heterocycles. The van der Waals surface area contributed by atoms with Gasteiger partial charge in [0.05, 0.1) is 11.1 Å². The van der Waals surface area contributed by atoms with Gasteiger partial charge in [0.25, 0.3) is 0 Å². The first kappa shape index (κ1) is 24.3. The molecule has 12 heteroatoms. The van der Waals surface area contributed by atoms with Crippen molar-refractivity contribution in [3.63, 3.8) is 0 Å². The van der Waals surface area contributed by atoms with E-state index in [9.17, 15) is 31.1 Å². The standard InChI is InChI=1S/C22H23F6N5O/c23-21(24,25)16-9-17(22(26,27)28)11-18(10-16)30-20(34)33-13-19(14-33)32-7-5-31(6-8-32)12-15-1-3-29-4-2-15/h1-4,9-11,19H,5-8,12-14H2,(H,30,34). The molecule has 34 heavy (non-hydrogen) atoms. The van der Waals surface area contributed by atoms with Crippen LogP contribution in [0.2, 0.25) is 0 Å². The highest BCUT2D eigenvalue weighted by molar-refractivity contribution is 5.90. The van der Waals surface area contributed by atoms with Crippen LogP contribution < -0.4 is 5.32 Å². The second kappa shape index (κ2) is 9.41. The number of piperazine rings is 1. The van der Waals surface area contributed by atoms with Crippen molar-refractivity contribution in [1.82, 2.24) is 19.7 Å². The lowest BCUT2D eigenvalue weighted by molar-refractivity contribution is -0.143. The predicted molar refractivity (Wildman–Crippen MR) is 112 cm³/mol. The maximum atomic E-state index is 13.0. The normalized spacial score (nSPS) is 18.6. The number of likely N-dealkylation sites (tertiary alicyclic amines) is 1. The molecule has 2 aliphatic rings. The molecule has 2 saturated heterocycles. The fourth-order valence-corrected chi connectivity index (χ4v) is 4.11. The van der Waals surface area contributed by atoms with Crippen molar-refractivity contribution in [2.45, 2.75) is 24.9 Å². The van der Waals surface area contributed by atoms with E-state index in [1.54, 1.807) is 12.4 Å². The van der Waals surface area contributed by atoms with E-state index in [2.05, 4.69) is 20.1 Å². The Morgan fingerprint density at radius 1 is 0.912 bits per heavy atom. The smallest absolute Gasteiger partial charge is 0.321 e. The third kappa shape index (κ3) is 5.79. The van der Waals surface area contributed by atoms with Crippen molar-refractivity contribution >= 4 is 11.7 Å². The monoisotopic (exact) mass is 487 g/mol. The fourth-order valence-electron chi connectivity index (χ4n) is 4.11. The molecule has 0 saturated carbocycles. The van der Waals surface area contributed by atoms with Crippen LogP contribution in [0.3, 0.4) is 0 Å². The number of amides is 2. The lowest BCUT2D eigenvalue weighted by Gasteiger charge is -2.48. The van der Waals surface area contributed by atoms with Gasteiger partial charge >= 0.3 is 18.4 Å². The van der Waals surface area contributed by atoms with Crippen LogP contribution in [0.15, 0.2) is 42.7 Å². The quantitative estimate of drug-likeness (QED) is 0.659. The zero-order valence-corrected chi connectivity index (χ0v) is 18.0. The highest BCUT2D eigenvalue weighted by Gasteiger charge is 2.39. The molecular weight excluding hydrogens is 464 g/mol. The summed E-state index contributed by atoms with van der Waals surface area (Å²) in [5.74, 6) is 0. The highest BCUT2D eigenvalue weighted by atomic mass is 19.4. The summed E-state index contributed by atoms with van der Waals surface area (Å²) in [5.41, 5.74) is -2.30. The van der Waals surface area contributed by atoms with Crippen LogP contribution in [0.25, 0.3) is 0 Å². The van der Waals surface area contributed by atoms with Crippen molar-refractivity contribution in [3.8, 4) is 0 Å². The van der Waals surface area contributed by atoms with Gasteiger partial charge in [0, 0.05) is 69.9 Å². The molecule has 0 aliphatic carbocycles. The SMILES string of the molecule is O=C(Nc1cc(C(F)(F)F)cc(C(F)(F)F)c1)N1CC(N2CCN(Cc3ccncc3)CC2)C1. The first-order valence-corrected chi connectivity index (χ1v) is 10.7. The number of hydrogen-bond donors (Lipinski definition) is 1. The van der Waals surface area contributed by atoms with Crippen molar-refractivity contribution in [2.24, 2.45) is 0 Å². The maximum Gasteiger partial charge on any atom is 0.416 e. The molecule has 0 bridgehead atoms. The second-order valence-corrected chi connectivity index (χ2v) is 8.45. The number of alkyl halides is 6. The molecule has 4 rings (SSSR count). The molecule has 0 unspecified atom stereocenters. The van der Waals surface area contributed by atoms with Crippen molar-refractivity contribution in [1.29, 1.82) is 0 Å². The van der Waals surface area contributed by atoms with Crippen LogP contribution in [0.5, 0.6) is 0 Å². The minimum absolute atomic E-state index is 0.0314. The van der Waals surface area contributed by atoms with Crippen LogP contribution in [-0.4, -0.2) is 71.0 Å². The van der Waals surface area contributed by atoms with E-state index in [1.165, 1.54) is 10.5 Å². The van der Waals surface area contributed by atoms with Crippen molar-refractivity contribution < 1.29 is 31.1 Å². The number of anilines is 1. The number of nitrogens with one attached hydrogen (secondary N) is 1. The molecule has 2 fully saturated rings. The molecule has 6 nitrogen and oxygen atoms in total. The Balaban J connectivity index is 1.29. The molecular formula is C22H23F6N5O. The molecule has 184 valence electrons. The van der Waals surface area contributed by atoms with E-state index in [1.807, 2.05) is 12.1 Å². The van der Waals surface area contributed by atoms with Crippen LogP contribution in [0.1, 0.15) is 16.7 Å². The van der Waals surface area contributed by atoms with Gasteiger partial charge in [-0.1, -0.05) is 0 Å². The predicted octanol–water partition coefficient (Wildman–Crippen LogP) is 4.15. The number of benzene rings is 1. The first-order chi connectivity index (χ1) is 16.0. The van der Waals surface area contributed by atoms with E-state index in [0.717, 1.165) is 32.7 Å². The average molecular weight is 487 g/mol. The molecule has 1 aromatic heterocycles. The summed E-state index contributed by atoms with van der Waals surface area (Å²) in [6.07, 6.45) is -6.43. The Kier molecular flexibility index (Phi) is 6.72. The number of nitrogens with zero attached hydrogens (tertiary/aromatic N) is 4. The number of rotatable bonds is 4. The van der Waals surface area contributed by atoms with Gasteiger partial charge < -0.3 is 10.2 Å². The number of carbonyl (C=O) groups is 1. The zero-order chi connectivity index (χ0) is 24.5. The second-order valence-electron chi connectivity index (χ2n) is 8.45. The summed E-state index contributed by atoms with van der Waals surface area (Å²) < 4.78 is 78.1. The molecule has 2 amide bonds. The Labute approximate surface area is 192 Å². The molecule has 0 atom stereocenters. The van der Waals surface area contributed by atoms with E-state index in [0.29, 0.717) is 25.2 Å². The number of carbonyl (C=O) groups excluding carboxylic acids is 1. The van der Waals surface area contributed by atoms with Gasteiger partial charge in [-0.2, -0.15) is 26.3 Å². The molecule has 2 aromatic rings. The molecule has 3 heterocycles. The third-order valence-electron chi connectivity index (χ3n) is 6.07. The average Bonchev–Trinajstić information content (AvgIpc) is 2.73. The number of hydrogen-bond acceptors (Lipinski definition) is 4. The van der Waals surface area contributed by atoms with Gasteiger partial charge in [0.1, 0.15) is 0 Å². The lowest BCUT2D eigenvalue weighted by atomic mass is 10.1. The van der Waals surface area contributed by atoms with E-state index < -0.39 is 35.2 Å². The third-order valence-corrected chi connectivity index (χ3v) is 6.07. The van der Waals surface area contributed by atoms with E-state index >= 15 is 0 Å². The highest BCUT2D eigenvalue weighted by Crippen LogP contribution is 2.37. The Morgan fingerprint density at radius 2 is 1.47 bits per heavy atom. The minimum Gasteiger partial charge on any atom is -0.321 e. The van der Waals surface area contributed by atoms with Gasteiger partial charge in [-0.25, -0.2) is 4.79 Å². The summed E-state index contributed by atoms with van der Waals surface area (Å²) in [5, 5.41) is 2.18. The van der Waals surface area contributed by atoms with Crippen LogP contribution in [0.4, 0.5) is 36.8 Å². The Hall–Kier alpha value is -2.86. The zero-order valence-electron chi connectivity index (χ0n) is 18.0. The van der Waals surface area contributed by atoms with Gasteiger partial charge in [0.2, 0.25) is 0 Å². The summed E-state index contributed by atoms with van der Waals surface area (Å²) in [4.78, 5) is 22.4. The van der Waals surface area contributed by atoms with Crippen LogP contribution >= 0.6 is 0 Å². The van der Waals surface area contributed by atoms with E-state index in [-0.39, 0.29) is 12.1 Å². The van der Waals surface area contributed by atoms with Gasteiger partial charge in [-0.05, 0) is 35.9 Å². The topological polar surface area (TPSA) is 51.7 Å². The lowest BCUT2D eigenvalue weighted by Crippen LogP contribution is -2.64. The van der Waals surface area contributed by atoms with Crippen LogP contribution in [0, 0.1) is 0 Å². The number of pyridine rings is 1. The van der Waals surface area contributed by atoms with Crippen molar-refractivity contribution in [3.05, 3.63) is 59.4 Å². The molecule has 0 radical (unpaired) electrons. The van der Waals surface area contributed by atoms with Crippen LogP contribution in [-0.2, 0) is 18.9 Å². The Morgan fingerprint density at radius 3 is 2.00 bits per heavy atom. The van der Waals surface area contributed by atoms with Crippen molar-refractivity contribution in [2.75, 3.05) is 44.6 Å². The summed E-state index contributed by atoms with van der Waals surface area (Å²) in [7, 11) is 0. The summed E-state index contributed by atoms with van der Waals surface area (Å²) >= 11 is 0. The largest absolute Gasteiger partial charge is 0.416 e. The minimum atomic E-state index is -4.97. The fraction of sp³-hybridized carbons (Fsp3) is 0.455. The number of halogens is 6. The van der Waals surface area contributed by atoms with Gasteiger partial charge in [-0.3, -0.25) is 14.8 Å². The molecule has 0 spiro atoms. The van der Waals surface area contributed by atoms with Gasteiger partial charge in [-0.15, -0.1) is 0 Å². The maximum absolute atomic E-state index is 13.0. The molecule has 1 aromatic carbocycles. The number of aromatic nitrogens is 1. The summed E-state index contributed by atoms with van der Waals surface area (Å²) in [6, 6.07) is 4.37. The van der Waals surface area contributed by atoms with E-state index in [4.69, 9.17) is 0 Å². The molecule has 1 N–H and O–H groups in total. The Bertz CT molecular complexity index is 967. The number of urea groups is 1.